The minimum atomic E-state index is -0.579. The summed E-state index contributed by atoms with van der Waals surface area (Å²) in [4.78, 5) is 15.3. The monoisotopic (exact) mass is 256 g/mol. The summed E-state index contributed by atoms with van der Waals surface area (Å²) in [5, 5.41) is 2.86. The van der Waals surface area contributed by atoms with Gasteiger partial charge in [-0.3, -0.25) is 4.79 Å². The summed E-state index contributed by atoms with van der Waals surface area (Å²) in [7, 11) is 0. The molecule has 0 saturated heterocycles. The third-order valence-electron chi connectivity index (χ3n) is 3.46. The van der Waals surface area contributed by atoms with Gasteiger partial charge in [0.05, 0.1) is 5.56 Å². The van der Waals surface area contributed by atoms with Crippen LogP contribution in [0.25, 0.3) is 0 Å². The number of benzene rings is 1. The summed E-state index contributed by atoms with van der Waals surface area (Å²) in [6.45, 7) is 0.604. The van der Waals surface area contributed by atoms with Gasteiger partial charge in [-0.1, -0.05) is 24.3 Å². The fraction of sp³-hybridized carbons (Fsp3) is 0.200. The van der Waals surface area contributed by atoms with Gasteiger partial charge in [-0.25, -0.2) is 4.98 Å². The van der Waals surface area contributed by atoms with Crippen LogP contribution in [0.2, 0.25) is 0 Å². The standard InChI is InChI=1S/C15H13FN2O/c16-14-6-5-11(8-17-14)15(19)18-9-12-7-10-3-1-2-4-13(10)12/h1-6,8,12H,7,9H2,(H,18,19). The molecular weight excluding hydrogens is 243 g/mol. The lowest BCUT2D eigenvalue weighted by atomic mass is 9.77. The largest absolute Gasteiger partial charge is 0.351 e. The topological polar surface area (TPSA) is 42.0 Å². The molecule has 0 fully saturated rings. The Bertz CT molecular complexity index is 610. The van der Waals surface area contributed by atoms with E-state index in [1.807, 2.05) is 12.1 Å². The molecule has 0 aliphatic heterocycles. The Kier molecular flexibility index (Phi) is 2.99. The summed E-state index contributed by atoms with van der Waals surface area (Å²) in [6.07, 6.45) is 2.25. The van der Waals surface area contributed by atoms with E-state index in [9.17, 15) is 9.18 Å². The average molecular weight is 256 g/mol. The maximum atomic E-state index is 12.7. The molecule has 1 amide bonds. The van der Waals surface area contributed by atoms with Gasteiger partial charge in [0, 0.05) is 18.7 Å². The van der Waals surface area contributed by atoms with Gasteiger partial charge < -0.3 is 5.32 Å². The van der Waals surface area contributed by atoms with Crippen molar-refractivity contribution in [2.75, 3.05) is 6.54 Å². The average Bonchev–Trinajstić information content (AvgIpc) is 2.40. The van der Waals surface area contributed by atoms with Gasteiger partial charge >= 0.3 is 0 Å². The van der Waals surface area contributed by atoms with E-state index < -0.39 is 5.95 Å². The molecule has 0 spiro atoms. The maximum absolute atomic E-state index is 12.7. The fourth-order valence-corrected chi connectivity index (χ4v) is 2.37. The SMILES string of the molecule is O=C(NCC1Cc2ccccc21)c1ccc(F)nc1. The molecule has 1 aromatic carbocycles. The number of carbonyl (C=O) groups excluding carboxylic acids is 1. The van der Waals surface area contributed by atoms with Gasteiger partial charge in [0.1, 0.15) is 0 Å². The Hall–Kier alpha value is -2.23. The molecule has 3 nitrogen and oxygen atoms in total. The zero-order chi connectivity index (χ0) is 13.2. The first-order valence-electron chi connectivity index (χ1n) is 6.21. The number of fused-ring (bicyclic) bond motifs is 1. The highest BCUT2D eigenvalue weighted by Gasteiger charge is 2.25. The van der Waals surface area contributed by atoms with E-state index in [4.69, 9.17) is 0 Å². The van der Waals surface area contributed by atoms with Crippen molar-refractivity contribution in [3.8, 4) is 0 Å². The Morgan fingerprint density at radius 3 is 2.89 bits per heavy atom. The van der Waals surface area contributed by atoms with Crippen LogP contribution in [-0.4, -0.2) is 17.4 Å². The molecule has 1 atom stereocenters. The van der Waals surface area contributed by atoms with Gasteiger partial charge in [0.15, 0.2) is 0 Å². The molecule has 0 radical (unpaired) electrons. The molecule has 3 rings (SSSR count). The zero-order valence-corrected chi connectivity index (χ0v) is 10.3. The number of aromatic nitrogens is 1. The summed E-state index contributed by atoms with van der Waals surface area (Å²) in [5.41, 5.74) is 3.04. The fourth-order valence-electron chi connectivity index (χ4n) is 2.37. The molecule has 1 aromatic heterocycles. The summed E-state index contributed by atoms with van der Waals surface area (Å²) in [6, 6.07) is 10.9. The highest BCUT2D eigenvalue weighted by Crippen LogP contribution is 2.33. The van der Waals surface area contributed by atoms with Crippen LogP contribution >= 0.6 is 0 Å². The van der Waals surface area contributed by atoms with Crippen LogP contribution in [-0.2, 0) is 6.42 Å². The van der Waals surface area contributed by atoms with Gasteiger partial charge in [-0.2, -0.15) is 4.39 Å². The molecule has 0 saturated carbocycles. The molecule has 1 aliphatic rings. The van der Waals surface area contributed by atoms with E-state index >= 15 is 0 Å². The third kappa shape index (κ3) is 2.34. The van der Waals surface area contributed by atoms with Crippen LogP contribution in [0.1, 0.15) is 27.4 Å². The van der Waals surface area contributed by atoms with Gasteiger partial charge in [0.25, 0.3) is 5.91 Å². The Morgan fingerprint density at radius 1 is 1.32 bits per heavy atom. The van der Waals surface area contributed by atoms with Crippen LogP contribution in [0, 0.1) is 5.95 Å². The number of amides is 1. The quantitative estimate of drug-likeness (QED) is 0.856. The van der Waals surface area contributed by atoms with Crippen molar-refractivity contribution < 1.29 is 9.18 Å². The summed E-state index contributed by atoms with van der Waals surface area (Å²) < 4.78 is 12.7. The van der Waals surface area contributed by atoms with Crippen molar-refractivity contribution >= 4 is 5.91 Å². The van der Waals surface area contributed by atoms with Gasteiger partial charge in [0.2, 0.25) is 5.95 Å². The first kappa shape index (κ1) is 11.8. The van der Waals surface area contributed by atoms with Crippen molar-refractivity contribution in [2.24, 2.45) is 0 Å². The van der Waals surface area contributed by atoms with Crippen LogP contribution in [0.4, 0.5) is 4.39 Å². The van der Waals surface area contributed by atoms with Crippen LogP contribution < -0.4 is 5.32 Å². The number of pyridine rings is 1. The molecule has 1 N–H and O–H groups in total. The smallest absolute Gasteiger partial charge is 0.252 e. The van der Waals surface area contributed by atoms with Crippen molar-refractivity contribution in [1.82, 2.24) is 10.3 Å². The first-order chi connectivity index (χ1) is 9.24. The zero-order valence-electron chi connectivity index (χ0n) is 10.3. The lowest BCUT2D eigenvalue weighted by molar-refractivity contribution is 0.0949. The minimum Gasteiger partial charge on any atom is -0.351 e. The predicted molar refractivity (Wildman–Crippen MR) is 69.4 cm³/mol. The number of carbonyl (C=O) groups is 1. The molecule has 96 valence electrons. The van der Waals surface area contributed by atoms with Gasteiger partial charge in [-0.15, -0.1) is 0 Å². The lowest BCUT2D eigenvalue weighted by Crippen LogP contribution is -2.33. The highest BCUT2D eigenvalue weighted by molar-refractivity contribution is 5.93. The van der Waals surface area contributed by atoms with E-state index in [2.05, 4.69) is 22.4 Å². The van der Waals surface area contributed by atoms with E-state index in [-0.39, 0.29) is 5.91 Å². The molecule has 1 aliphatic carbocycles. The van der Waals surface area contributed by atoms with Crippen molar-refractivity contribution in [3.63, 3.8) is 0 Å². The van der Waals surface area contributed by atoms with Crippen LogP contribution in [0.3, 0.4) is 0 Å². The number of rotatable bonds is 3. The number of hydrogen-bond donors (Lipinski definition) is 1. The summed E-state index contributed by atoms with van der Waals surface area (Å²) >= 11 is 0. The number of halogens is 1. The second kappa shape index (κ2) is 4.80. The van der Waals surface area contributed by atoms with Crippen molar-refractivity contribution in [3.05, 3.63) is 65.2 Å². The van der Waals surface area contributed by atoms with Crippen molar-refractivity contribution in [2.45, 2.75) is 12.3 Å². The number of hydrogen-bond acceptors (Lipinski definition) is 2. The van der Waals surface area contributed by atoms with Crippen LogP contribution in [0.5, 0.6) is 0 Å². The van der Waals surface area contributed by atoms with E-state index in [1.165, 1.54) is 29.5 Å². The van der Waals surface area contributed by atoms with Gasteiger partial charge in [-0.05, 0) is 29.7 Å². The normalized spacial score (nSPS) is 16.4. The Labute approximate surface area is 110 Å². The molecular formula is C15H13FN2O. The number of nitrogens with zero attached hydrogens (tertiary/aromatic N) is 1. The maximum Gasteiger partial charge on any atom is 0.252 e. The summed E-state index contributed by atoms with van der Waals surface area (Å²) in [5.74, 6) is -0.407. The molecule has 19 heavy (non-hydrogen) atoms. The lowest BCUT2D eigenvalue weighted by Gasteiger charge is -2.30. The minimum absolute atomic E-state index is 0.211. The number of nitrogens with one attached hydrogen (secondary N) is 1. The van der Waals surface area contributed by atoms with E-state index in [1.54, 1.807) is 0 Å². The van der Waals surface area contributed by atoms with Crippen LogP contribution in [0.15, 0.2) is 42.6 Å². The molecule has 4 heteroatoms. The first-order valence-corrected chi connectivity index (χ1v) is 6.21. The molecule has 2 aromatic rings. The molecule has 1 heterocycles. The highest BCUT2D eigenvalue weighted by atomic mass is 19.1. The van der Waals surface area contributed by atoms with E-state index in [0.717, 1.165) is 6.42 Å². The second-order valence-corrected chi connectivity index (χ2v) is 4.68. The van der Waals surface area contributed by atoms with E-state index in [0.29, 0.717) is 18.0 Å². The third-order valence-corrected chi connectivity index (χ3v) is 3.46. The molecule has 1 unspecified atom stereocenters. The Morgan fingerprint density at radius 2 is 2.16 bits per heavy atom. The predicted octanol–water partition coefficient (Wildman–Crippen LogP) is 2.29. The molecule has 0 bridgehead atoms. The van der Waals surface area contributed by atoms with Crippen molar-refractivity contribution in [1.29, 1.82) is 0 Å². The second-order valence-electron chi connectivity index (χ2n) is 4.68. The Balaban J connectivity index is 1.59.